The minimum Gasteiger partial charge on any atom is -0.507 e. The SMILES string of the molecule is C=C(CN1Cc2c(C3=CC(=C)N(N(C)C(C)C(C)S)C=C3)ccc(O)c2C1=O)C(N)=O. The highest BCUT2D eigenvalue weighted by Crippen LogP contribution is 2.38. The predicted octanol–water partition coefficient (Wildman–Crippen LogP) is 2.67. The summed E-state index contributed by atoms with van der Waals surface area (Å²) in [4.78, 5) is 25.7. The zero-order chi connectivity index (χ0) is 23.0. The van der Waals surface area contributed by atoms with E-state index in [-0.39, 0.29) is 47.2 Å². The van der Waals surface area contributed by atoms with E-state index in [2.05, 4.69) is 37.7 Å². The fraction of sp³-hybridized carbons (Fsp3) is 0.304. The van der Waals surface area contributed by atoms with Gasteiger partial charge in [0.15, 0.2) is 0 Å². The van der Waals surface area contributed by atoms with Gasteiger partial charge in [-0.3, -0.25) is 14.6 Å². The van der Waals surface area contributed by atoms with Gasteiger partial charge in [-0.05, 0) is 41.8 Å². The molecule has 0 radical (unpaired) electrons. The number of phenols is 1. The van der Waals surface area contributed by atoms with Gasteiger partial charge in [0, 0.05) is 36.7 Å². The maximum absolute atomic E-state index is 12.9. The second-order valence-electron chi connectivity index (χ2n) is 7.92. The lowest BCUT2D eigenvalue weighted by molar-refractivity contribution is -0.114. The molecule has 2 aliphatic heterocycles. The Morgan fingerprint density at radius 1 is 1.39 bits per heavy atom. The van der Waals surface area contributed by atoms with Crippen LogP contribution in [0.4, 0.5) is 0 Å². The van der Waals surface area contributed by atoms with Gasteiger partial charge >= 0.3 is 0 Å². The number of fused-ring (bicyclic) bond motifs is 1. The quantitative estimate of drug-likeness (QED) is 0.448. The van der Waals surface area contributed by atoms with Crippen molar-refractivity contribution in [3.05, 3.63) is 71.6 Å². The summed E-state index contributed by atoms with van der Waals surface area (Å²) in [5.41, 5.74) is 8.81. The molecule has 2 amide bonds. The Balaban J connectivity index is 1.91. The van der Waals surface area contributed by atoms with Crippen molar-refractivity contribution in [3.63, 3.8) is 0 Å². The summed E-state index contributed by atoms with van der Waals surface area (Å²) in [5.74, 6) is -1.10. The molecule has 31 heavy (non-hydrogen) atoms. The summed E-state index contributed by atoms with van der Waals surface area (Å²) in [5, 5.41) is 14.5. The molecule has 7 nitrogen and oxygen atoms in total. The van der Waals surface area contributed by atoms with Crippen molar-refractivity contribution in [1.29, 1.82) is 0 Å². The van der Waals surface area contributed by atoms with Gasteiger partial charge in [0.2, 0.25) is 5.91 Å². The minimum absolute atomic E-state index is 0.0156. The van der Waals surface area contributed by atoms with Crippen molar-refractivity contribution in [2.75, 3.05) is 13.6 Å². The van der Waals surface area contributed by atoms with Crippen LogP contribution in [-0.2, 0) is 11.3 Å². The lowest BCUT2D eigenvalue weighted by Gasteiger charge is -2.38. The number of carbonyl (C=O) groups excluding carboxylic acids is 2. The largest absolute Gasteiger partial charge is 0.507 e. The van der Waals surface area contributed by atoms with Crippen LogP contribution in [0.1, 0.15) is 35.3 Å². The van der Waals surface area contributed by atoms with Gasteiger partial charge in [0.05, 0.1) is 17.8 Å². The van der Waals surface area contributed by atoms with E-state index in [4.69, 9.17) is 5.73 Å². The highest BCUT2D eigenvalue weighted by atomic mass is 32.1. The molecule has 3 rings (SSSR count). The Bertz CT molecular complexity index is 1030. The molecule has 0 saturated carbocycles. The molecule has 0 aromatic heterocycles. The smallest absolute Gasteiger partial charge is 0.258 e. The number of amides is 2. The number of nitrogens with two attached hydrogens (primary N) is 1. The average Bonchev–Trinajstić information content (AvgIpc) is 3.03. The third kappa shape index (κ3) is 4.26. The molecule has 0 spiro atoms. The van der Waals surface area contributed by atoms with E-state index in [1.54, 1.807) is 6.07 Å². The highest BCUT2D eigenvalue weighted by Gasteiger charge is 2.34. The van der Waals surface area contributed by atoms with E-state index in [1.165, 1.54) is 11.0 Å². The van der Waals surface area contributed by atoms with Crippen molar-refractivity contribution in [2.24, 2.45) is 5.73 Å². The predicted molar refractivity (Wildman–Crippen MR) is 125 cm³/mol. The number of nitrogens with zero attached hydrogens (tertiary/aromatic N) is 3. The first kappa shape index (κ1) is 22.7. The van der Waals surface area contributed by atoms with Gasteiger partial charge < -0.3 is 15.7 Å². The van der Waals surface area contributed by atoms with Crippen LogP contribution in [-0.4, -0.2) is 56.7 Å². The van der Waals surface area contributed by atoms with Gasteiger partial charge in [-0.15, -0.1) is 0 Å². The van der Waals surface area contributed by atoms with E-state index in [0.717, 1.165) is 16.8 Å². The van der Waals surface area contributed by atoms with Crippen LogP contribution in [0.25, 0.3) is 5.57 Å². The van der Waals surface area contributed by atoms with Crippen molar-refractivity contribution < 1.29 is 14.7 Å². The van der Waals surface area contributed by atoms with Crippen molar-refractivity contribution >= 4 is 30.0 Å². The van der Waals surface area contributed by atoms with E-state index in [9.17, 15) is 14.7 Å². The number of benzene rings is 1. The third-order valence-electron chi connectivity index (χ3n) is 5.82. The van der Waals surface area contributed by atoms with E-state index >= 15 is 0 Å². The zero-order valence-corrected chi connectivity index (χ0v) is 18.9. The molecule has 0 bridgehead atoms. The normalized spacial score (nSPS) is 17.6. The fourth-order valence-electron chi connectivity index (χ4n) is 3.69. The Morgan fingerprint density at radius 2 is 2.06 bits per heavy atom. The Kier molecular flexibility index (Phi) is 6.33. The summed E-state index contributed by atoms with van der Waals surface area (Å²) in [6, 6.07) is 3.48. The molecule has 0 saturated heterocycles. The highest BCUT2D eigenvalue weighted by molar-refractivity contribution is 7.81. The Morgan fingerprint density at radius 3 is 2.65 bits per heavy atom. The molecule has 0 aliphatic carbocycles. The average molecular weight is 441 g/mol. The summed E-state index contributed by atoms with van der Waals surface area (Å²) >= 11 is 4.53. The van der Waals surface area contributed by atoms with Crippen molar-refractivity contribution in [1.82, 2.24) is 14.9 Å². The number of hydrogen-bond acceptors (Lipinski definition) is 6. The molecular formula is C23H28N4O3S. The number of phenolic OH excluding ortho intramolecular Hbond substituents is 1. The van der Waals surface area contributed by atoms with Crippen LogP contribution >= 0.6 is 12.6 Å². The first-order valence-electron chi connectivity index (χ1n) is 9.93. The molecule has 1 aromatic rings. The monoisotopic (exact) mass is 440 g/mol. The molecule has 1 aromatic carbocycles. The number of allylic oxidation sites excluding steroid dienone is 3. The van der Waals surface area contributed by atoms with E-state index in [1.807, 2.05) is 37.3 Å². The summed E-state index contributed by atoms with van der Waals surface area (Å²) in [6.45, 7) is 12.2. The molecular weight excluding hydrogens is 412 g/mol. The second-order valence-corrected chi connectivity index (χ2v) is 8.74. The number of aromatic hydroxyl groups is 1. The number of carbonyl (C=O) groups is 2. The molecule has 2 atom stereocenters. The first-order valence-corrected chi connectivity index (χ1v) is 10.5. The third-order valence-corrected chi connectivity index (χ3v) is 6.25. The molecule has 3 N–H and O–H groups in total. The van der Waals surface area contributed by atoms with Crippen LogP contribution in [0.3, 0.4) is 0 Å². The molecule has 164 valence electrons. The Labute approximate surface area is 188 Å². The lowest BCUT2D eigenvalue weighted by atomic mass is 9.94. The van der Waals surface area contributed by atoms with Crippen LogP contribution in [0, 0.1) is 0 Å². The number of hydrogen-bond donors (Lipinski definition) is 3. The maximum Gasteiger partial charge on any atom is 0.258 e. The van der Waals surface area contributed by atoms with Gasteiger partial charge in [0.25, 0.3) is 5.91 Å². The minimum atomic E-state index is -0.656. The molecule has 8 heteroatoms. The van der Waals surface area contributed by atoms with Crippen molar-refractivity contribution in [3.8, 4) is 5.75 Å². The van der Waals surface area contributed by atoms with Crippen LogP contribution < -0.4 is 5.73 Å². The van der Waals surface area contributed by atoms with Crippen LogP contribution in [0.5, 0.6) is 5.75 Å². The summed E-state index contributed by atoms with van der Waals surface area (Å²) in [6.07, 6.45) is 5.81. The van der Waals surface area contributed by atoms with Gasteiger partial charge in [-0.2, -0.15) is 12.6 Å². The van der Waals surface area contributed by atoms with Gasteiger partial charge in [-0.25, -0.2) is 5.01 Å². The zero-order valence-electron chi connectivity index (χ0n) is 18.0. The number of rotatable bonds is 7. The number of hydrazine groups is 1. The second kappa shape index (κ2) is 8.64. The fourth-order valence-corrected chi connectivity index (χ4v) is 3.88. The van der Waals surface area contributed by atoms with Crippen LogP contribution in [0.15, 0.2) is 54.9 Å². The Hall–Kier alpha value is -2.97. The molecule has 0 fully saturated rings. The van der Waals surface area contributed by atoms with Gasteiger partial charge in [-0.1, -0.05) is 26.1 Å². The molecule has 2 unspecified atom stereocenters. The molecule has 2 heterocycles. The van der Waals surface area contributed by atoms with Crippen LogP contribution in [0.2, 0.25) is 0 Å². The first-order chi connectivity index (χ1) is 14.5. The van der Waals surface area contributed by atoms with E-state index in [0.29, 0.717) is 5.56 Å². The van der Waals surface area contributed by atoms with E-state index < -0.39 is 5.91 Å². The summed E-state index contributed by atoms with van der Waals surface area (Å²) in [7, 11) is 1.98. The maximum atomic E-state index is 12.9. The molecule has 2 aliphatic rings. The van der Waals surface area contributed by atoms with Gasteiger partial charge in [0.1, 0.15) is 5.75 Å². The topological polar surface area (TPSA) is 90.1 Å². The lowest BCUT2D eigenvalue weighted by Crippen LogP contribution is -2.44. The number of thiol groups is 1. The standard InChI is InChI=1S/C23H28N4O3S/c1-13(22(24)29)11-26-12-19-18(6-7-20(28)21(19)23(26)30)17-8-9-27(14(2)10-17)25(5)15(3)16(4)31/h6-10,15-16,28,31H,1-2,11-12H2,3-5H3,(H2,24,29). The number of primary amides is 1. The van der Waals surface area contributed by atoms with Crippen molar-refractivity contribution in [2.45, 2.75) is 31.7 Å². The summed E-state index contributed by atoms with van der Waals surface area (Å²) < 4.78 is 0.